The van der Waals surface area contributed by atoms with E-state index in [1.807, 2.05) is 0 Å². The van der Waals surface area contributed by atoms with E-state index >= 15 is 0 Å². The molecular formula is C19H27ClN2O3S. The summed E-state index contributed by atoms with van der Waals surface area (Å²) in [4.78, 5) is 12.8. The van der Waals surface area contributed by atoms with Crippen LogP contribution in [0.2, 0.25) is 5.02 Å². The molecular weight excluding hydrogens is 372 g/mol. The Kier molecular flexibility index (Phi) is 6.25. The Bertz CT molecular complexity index is 728. The number of hydrogen-bond donors (Lipinski definition) is 1. The largest absolute Gasteiger partial charge is 0.353 e. The van der Waals surface area contributed by atoms with Crippen LogP contribution in [0.3, 0.4) is 0 Å². The van der Waals surface area contributed by atoms with Gasteiger partial charge in [0, 0.05) is 30.1 Å². The lowest BCUT2D eigenvalue weighted by Crippen LogP contribution is -2.47. The predicted octanol–water partition coefficient (Wildman–Crippen LogP) is 3.44. The fraction of sp³-hybridized carbons (Fsp3) is 0.632. The van der Waals surface area contributed by atoms with E-state index in [-0.39, 0.29) is 22.8 Å². The first-order valence-corrected chi connectivity index (χ1v) is 11.3. The van der Waals surface area contributed by atoms with Gasteiger partial charge in [-0.25, -0.2) is 8.42 Å². The van der Waals surface area contributed by atoms with Crippen LogP contribution in [-0.4, -0.2) is 37.8 Å². The molecule has 1 heterocycles. The Morgan fingerprint density at radius 3 is 2.31 bits per heavy atom. The van der Waals surface area contributed by atoms with Gasteiger partial charge in [-0.1, -0.05) is 31.4 Å². The summed E-state index contributed by atoms with van der Waals surface area (Å²) >= 11 is 5.84. The van der Waals surface area contributed by atoms with Crippen molar-refractivity contribution in [3.8, 4) is 0 Å². The molecule has 2 atom stereocenters. The van der Waals surface area contributed by atoms with Crippen LogP contribution in [-0.2, 0) is 14.8 Å². The number of nitrogens with zero attached hydrogens (tertiary/aromatic N) is 1. The number of carbonyl (C=O) groups is 1. The van der Waals surface area contributed by atoms with Gasteiger partial charge in [-0.3, -0.25) is 4.79 Å². The van der Waals surface area contributed by atoms with E-state index in [1.165, 1.54) is 35.7 Å². The number of halogens is 1. The van der Waals surface area contributed by atoms with Gasteiger partial charge in [0.25, 0.3) is 0 Å². The molecule has 1 N–H and O–H groups in total. The van der Waals surface area contributed by atoms with E-state index in [9.17, 15) is 13.2 Å². The van der Waals surface area contributed by atoms with Gasteiger partial charge in [-0.2, -0.15) is 4.31 Å². The van der Waals surface area contributed by atoms with Crippen LogP contribution in [0.1, 0.15) is 45.4 Å². The van der Waals surface area contributed by atoms with Crippen LogP contribution in [0.25, 0.3) is 0 Å². The molecule has 3 rings (SSSR count). The summed E-state index contributed by atoms with van der Waals surface area (Å²) in [6.45, 7) is 2.96. The zero-order valence-corrected chi connectivity index (χ0v) is 16.7. The molecule has 2 fully saturated rings. The van der Waals surface area contributed by atoms with E-state index < -0.39 is 10.0 Å². The Morgan fingerprint density at radius 2 is 1.69 bits per heavy atom. The second kappa shape index (κ2) is 8.28. The molecule has 0 aromatic heterocycles. The third-order valence-corrected chi connectivity index (χ3v) is 7.88. The number of sulfonamides is 1. The molecule has 7 heteroatoms. The van der Waals surface area contributed by atoms with Crippen molar-refractivity contribution in [1.29, 1.82) is 0 Å². The van der Waals surface area contributed by atoms with E-state index in [0.717, 1.165) is 6.42 Å². The molecule has 1 amide bonds. The van der Waals surface area contributed by atoms with Crippen molar-refractivity contribution in [2.75, 3.05) is 13.1 Å². The normalized spacial score (nSPS) is 25.8. The fourth-order valence-corrected chi connectivity index (χ4v) is 5.54. The summed E-state index contributed by atoms with van der Waals surface area (Å²) in [5.74, 6) is 0.520. The van der Waals surface area contributed by atoms with Gasteiger partial charge < -0.3 is 5.32 Å². The third-order valence-electron chi connectivity index (χ3n) is 5.72. The summed E-state index contributed by atoms with van der Waals surface area (Å²) in [5, 5.41) is 3.72. The molecule has 2 aliphatic rings. The SMILES string of the molecule is C[C@H]1CCCC[C@H]1NC(=O)C1CCN(S(=O)(=O)c2ccc(Cl)cc2)CC1. The van der Waals surface area contributed by atoms with Gasteiger partial charge in [0.2, 0.25) is 15.9 Å². The van der Waals surface area contributed by atoms with Crippen LogP contribution < -0.4 is 5.32 Å². The first-order valence-electron chi connectivity index (χ1n) is 9.44. The van der Waals surface area contributed by atoms with Gasteiger partial charge in [-0.05, 0) is 55.9 Å². The third kappa shape index (κ3) is 4.41. The minimum absolute atomic E-state index is 0.0901. The zero-order valence-electron chi connectivity index (χ0n) is 15.2. The minimum Gasteiger partial charge on any atom is -0.353 e. The molecule has 1 aliphatic carbocycles. The molecule has 0 spiro atoms. The van der Waals surface area contributed by atoms with Gasteiger partial charge >= 0.3 is 0 Å². The number of hydrogen-bond acceptors (Lipinski definition) is 3. The van der Waals surface area contributed by atoms with E-state index in [0.29, 0.717) is 36.9 Å². The maximum atomic E-state index is 12.7. The van der Waals surface area contributed by atoms with Crippen LogP contribution in [0.5, 0.6) is 0 Å². The average molecular weight is 399 g/mol. The Balaban J connectivity index is 1.56. The lowest BCUT2D eigenvalue weighted by molar-refractivity contribution is -0.127. The standard InChI is InChI=1S/C19H27ClN2O3S/c1-14-4-2-3-5-18(14)21-19(23)15-10-12-22(13-11-15)26(24,25)17-8-6-16(20)7-9-17/h6-9,14-15,18H,2-5,10-13H2,1H3,(H,21,23)/t14-,18+/m0/s1. The second-order valence-electron chi connectivity index (χ2n) is 7.51. The topological polar surface area (TPSA) is 66.5 Å². The second-order valence-corrected chi connectivity index (χ2v) is 9.88. The van der Waals surface area contributed by atoms with Crippen molar-refractivity contribution in [2.24, 2.45) is 11.8 Å². The van der Waals surface area contributed by atoms with Crippen LogP contribution in [0.4, 0.5) is 0 Å². The van der Waals surface area contributed by atoms with Crippen molar-refractivity contribution >= 4 is 27.5 Å². The first kappa shape index (κ1) is 19.6. The number of rotatable bonds is 4. The van der Waals surface area contributed by atoms with Gasteiger partial charge in [-0.15, -0.1) is 0 Å². The molecule has 0 unspecified atom stereocenters. The van der Waals surface area contributed by atoms with Gasteiger partial charge in [0.05, 0.1) is 4.90 Å². The lowest BCUT2D eigenvalue weighted by Gasteiger charge is -2.34. The molecule has 1 aliphatic heterocycles. The fourth-order valence-electron chi connectivity index (χ4n) is 3.95. The maximum Gasteiger partial charge on any atom is 0.243 e. The molecule has 5 nitrogen and oxygen atoms in total. The summed E-state index contributed by atoms with van der Waals surface area (Å²) in [6, 6.07) is 6.49. The first-order chi connectivity index (χ1) is 12.4. The highest BCUT2D eigenvalue weighted by Gasteiger charge is 2.33. The Labute approximate surface area is 161 Å². The van der Waals surface area contributed by atoms with Crippen molar-refractivity contribution in [2.45, 2.75) is 56.4 Å². The minimum atomic E-state index is -3.52. The summed E-state index contributed by atoms with van der Waals surface area (Å²) in [7, 11) is -3.52. The highest BCUT2D eigenvalue weighted by Crippen LogP contribution is 2.27. The van der Waals surface area contributed by atoms with Crippen molar-refractivity contribution < 1.29 is 13.2 Å². The molecule has 1 aromatic carbocycles. The number of nitrogens with one attached hydrogen (secondary N) is 1. The highest BCUT2D eigenvalue weighted by atomic mass is 35.5. The number of amides is 1. The van der Waals surface area contributed by atoms with E-state index in [2.05, 4.69) is 12.2 Å². The van der Waals surface area contributed by atoms with Crippen molar-refractivity contribution in [3.05, 3.63) is 29.3 Å². The van der Waals surface area contributed by atoms with E-state index in [1.54, 1.807) is 12.1 Å². The van der Waals surface area contributed by atoms with Crippen molar-refractivity contribution in [3.63, 3.8) is 0 Å². The van der Waals surface area contributed by atoms with Gasteiger partial charge in [0.15, 0.2) is 0 Å². The molecule has 26 heavy (non-hydrogen) atoms. The number of benzene rings is 1. The predicted molar refractivity (Wildman–Crippen MR) is 102 cm³/mol. The highest BCUT2D eigenvalue weighted by molar-refractivity contribution is 7.89. The number of piperidine rings is 1. The maximum absolute atomic E-state index is 12.7. The molecule has 1 saturated carbocycles. The quantitative estimate of drug-likeness (QED) is 0.844. The Hall–Kier alpha value is -1.11. The molecule has 144 valence electrons. The summed E-state index contributed by atoms with van der Waals surface area (Å²) in [6.07, 6.45) is 5.78. The summed E-state index contributed by atoms with van der Waals surface area (Å²) < 4.78 is 26.9. The smallest absolute Gasteiger partial charge is 0.243 e. The molecule has 0 bridgehead atoms. The van der Waals surface area contributed by atoms with E-state index in [4.69, 9.17) is 11.6 Å². The summed E-state index contributed by atoms with van der Waals surface area (Å²) in [5.41, 5.74) is 0. The van der Waals surface area contributed by atoms with Crippen molar-refractivity contribution in [1.82, 2.24) is 9.62 Å². The Morgan fingerprint density at radius 1 is 1.08 bits per heavy atom. The van der Waals surface area contributed by atoms with Crippen LogP contribution in [0.15, 0.2) is 29.2 Å². The molecule has 1 saturated heterocycles. The lowest BCUT2D eigenvalue weighted by atomic mass is 9.85. The molecule has 0 radical (unpaired) electrons. The number of carbonyl (C=O) groups excluding carboxylic acids is 1. The van der Waals surface area contributed by atoms with Gasteiger partial charge in [0.1, 0.15) is 0 Å². The zero-order chi connectivity index (χ0) is 18.7. The average Bonchev–Trinajstić information content (AvgIpc) is 2.64. The monoisotopic (exact) mass is 398 g/mol. The van der Waals surface area contributed by atoms with Crippen LogP contribution >= 0.6 is 11.6 Å². The van der Waals surface area contributed by atoms with Crippen LogP contribution in [0, 0.1) is 11.8 Å². The molecule has 1 aromatic rings.